The van der Waals surface area contributed by atoms with Gasteiger partial charge in [0, 0.05) is 36.8 Å². The van der Waals surface area contributed by atoms with Crippen LogP contribution in [-0.4, -0.2) is 92.6 Å². The van der Waals surface area contributed by atoms with E-state index in [9.17, 15) is 28.2 Å². The molecule has 4 rings (SSSR count). The molecule has 0 unspecified atom stereocenters. The molecule has 1 saturated heterocycles. The van der Waals surface area contributed by atoms with Crippen molar-refractivity contribution in [3.63, 3.8) is 0 Å². The van der Waals surface area contributed by atoms with Crippen molar-refractivity contribution >= 4 is 71.6 Å². The van der Waals surface area contributed by atoms with E-state index < -0.39 is 28.0 Å². The summed E-state index contributed by atoms with van der Waals surface area (Å²) in [6, 6.07) is 14.0. The minimum absolute atomic E-state index is 0. The number of halogens is 1. The summed E-state index contributed by atoms with van der Waals surface area (Å²) in [6.45, 7) is 5.64. The Morgan fingerprint density at radius 3 is 2.30 bits per heavy atom. The zero-order valence-electron chi connectivity index (χ0n) is 25.2. The van der Waals surface area contributed by atoms with Gasteiger partial charge >= 0.3 is 43.7 Å². The quantitative estimate of drug-likeness (QED) is 0.204. The maximum absolute atomic E-state index is 14.5. The Labute approximate surface area is 288 Å². The number of ether oxygens (including phenoxy) is 1. The Hall–Kier alpha value is -2.38. The monoisotopic (exact) mass is 652 g/mol. The van der Waals surface area contributed by atoms with E-state index >= 15 is 0 Å². The number of carbonyl (C=O) groups is 2. The second kappa shape index (κ2) is 15.3. The maximum Gasteiger partial charge on any atom is 2.00 e. The fourth-order valence-corrected chi connectivity index (χ4v) is 6.81. The predicted octanol–water partition coefficient (Wildman–Crippen LogP) is 5.29. The molecule has 232 valence electrons. The molecular formula is C32H37CaFN2O7S. The molecule has 1 aliphatic heterocycles. The van der Waals surface area contributed by atoms with Gasteiger partial charge in [-0.3, -0.25) is 9.59 Å². The Balaban J connectivity index is 0.00000529. The van der Waals surface area contributed by atoms with Crippen LogP contribution in [0.25, 0.3) is 11.1 Å². The molecule has 9 nitrogen and oxygen atoms in total. The molecule has 0 atom stereocenters. The molecule has 3 aromatic rings. The van der Waals surface area contributed by atoms with Gasteiger partial charge in [0.25, 0.3) is 0 Å². The van der Waals surface area contributed by atoms with E-state index in [0.29, 0.717) is 29.2 Å². The van der Waals surface area contributed by atoms with Crippen LogP contribution in [-0.2, 0) is 22.6 Å². The molecule has 0 aliphatic carbocycles. The first-order valence-electron chi connectivity index (χ1n) is 14.1. The van der Waals surface area contributed by atoms with Crippen molar-refractivity contribution in [1.29, 1.82) is 0 Å². The number of carboxylic acid groups (broad SMARTS) is 1. The zero-order valence-corrected chi connectivity index (χ0v) is 28.2. The fourth-order valence-electron chi connectivity index (χ4n) is 5.22. The number of aliphatic carboxylic acids is 1. The first-order valence-corrected chi connectivity index (χ1v) is 15.9. The van der Waals surface area contributed by atoms with Crippen LogP contribution in [0.3, 0.4) is 0 Å². The number of aliphatic hydroxyl groups is 1. The number of amides is 1. The van der Waals surface area contributed by atoms with E-state index in [0.717, 1.165) is 27.8 Å². The summed E-state index contributed by atoms with van der Waals surface area (Å²) in [6.07, 6.45) is 0.235. The van der Waals surface area contributed by atoms with Crippen molar-refractivity contribution in [2.75, 3.05) is 28.7 Å². The number of carbonyl (C=O) groups excluding carboxylic acids is 1. The van der Waals surface area contributed by atoms with Crippen LogP contribution in [0.15, 0.2) is 48.5 Å². The van der Waals surface area contributed by atoms with Crippen LogP contribution in [0.5, 0.6) is 5.75 Å². The molecule has 0 radical (unpaired) electrons. The molecule has 0 aromatic heterocycles. The van der Waals surface area contributed by atoms with Crippen molar-refractivity contribution in [3.05, 3.63) is 76.6 Å². The summed E-state index contributed by atoms with van der Waals surface area (Å²) in [5.41, 5.74) is 4.65. The number of aryl methyl sites for hydroxylation is 3. The number of hydrogen-bond acceptors (Lipinski definition) is 7. The summed E-state index contributed by atoms with van der Waals surface area (Å²) >= 11 is 0. The Bertz CT molecular complexity index is 1480. The summed E-state index contributed by atoms with van der Waals surface area (Å²) in [7, 11) is -3.12. The van der Waals surface area contributed by atoms with Crippen LogP contribution in [0.2, 0.25) is 0 Å². The minimum Gasteiger partial charge on any atom is -0.800 e. The smallest absolute Gasteiger partial charge is 0.800 e. The van der Waals surface area contributed by atoms with E-state index in [1.165, 1.54) is 13.0 Å². The molecule has 1 amide bonds. The average molecular weight is 653 g/mol. The van der Waals surface area contributed by atoms with Crippen LogP contribution in [0.1, 0.15) is 48.4 Å². The summed E-state index contributed by atoms with van der Waals surface area (Å²) in [5.74, 6) is -1.24. The normalized spacial score (nSPS) is 15.9. The Kier molecular flexibility index (Phi) is 12.5. The molecule has 0 spiro atoms. The maximum atomic E-state index is 14.5. The number of sulfone groups is 1. The van der Waals surface area contributed by atoms with E-state index in [-0.39, 0.29) is 87.4 Å². The molecule has 12 heteroatoms. The van der Waals surface area contributed by atoms with Gasteiger partial charge in [0.2, 0.25) is 5.91 Å². The van der Waals surface area contributed by atoms with E-state index in [2.05, 4.69) is 10.6 Å². The van der Waals surface area contributed by atoms with Crippen LogP contribution in [0, 0.1) is 19.7 Å². The number of hydrogen-bond donors (Lipinski definition) is 4. The van der Waals surface area contributed by atoms with E-state index in [1.54, 1.807) is 12.1 Å². The van der Waals surface area contributed by atoms with Gasteiger partial charge in [-0.25, -0.2) is 4.39 Å². The fraction of sp³-hybridized carbons (Fsp3) is 0.375. The van der Waals surface area contributed by atoms with Gasteiger partial charge in [-0.2, -0.15) is 0 Å². The number of rotatable bonds is 11. The average Bonchev–Trinajstić information content (AvgIpc) is 2.92. The minimum atomic E-state index is -3.12. The van der Waals surface area contributed by atoms with Gasteiger partial charge in [0.15, 0.2) is 0 Å². The second-order valence-corrected chi connectivity index (χ2v) is 13.5. The molecule has 0 bridgehead atoms. The molecule has 1 aliphatic rings. The topological polar surface area (TPSA) is 154 Å². The van der Waals surface area contributed by atoms with Gasteiger partial charge in [-0.1, -0.05) is 12.1 Å². The van der Waals surface area contributed by atoms with Gasteiger partial charge < -0.3 is 45.3 Å². The third kappa shape index (κ3) is 9.81. The molecule has 1 heterocycles. The Morgan fingerprint density at radius 1 is 1.05 bits per heavy atom. The third-order valence-corrected chi connectivity index (χ3v) is 9.24. The first-order chi connectivity index (χ1) is 20.2. The third-order valence-electron chi connectivity index (χ3n) is 7.59. The van der Waals surface area contributed by atoms with Gasteiger partial charge in [0.05, 0.1) is 0 Å². The van der Waals surface area contributed by atoms with Crippen molar-refractivity contribution in [2.24, 2.45) is 0 Å². The standard InChI is InChI=1S/C32H39FN2O7S.Ca/c1-20-14-26(42-19-32(39)10-12-43(40,41)13-11-32)15-21(2)31(20)27-16-23(4-8-29(27)35-22(3)36)18-34-25-7-5-24(28(33)17-25)6-9-30(37)38;/h4-5,7-8,14-17,34,39-41H,6,9-13,18-19H2,1-3H3,(H,35,36)(H,37,38);/q;+2/p-2. The SMILES string of the molecule is CC(=O)Nc1ccc(CNc2ccc(CCC(=O)O)c(F)c2)cc1-c1c(C)cc(OCC2(O)CCS([O-])([O-])CC2)cc1C.[Ca+2]. The van der Waals surface area contributed by atoms with Crippen molar-refractivity contribution in [3.8, 4) is 16.9 Å². The number of nitrogens with one attached hydrogen (secondary N) is 2. The summed E-state index contributed by atoms with van der Waals surface area (Å²) < 4.78 is 44.0. The van der Waals surface area contributed by atoms with Gasteiger partial charge in [0.1, 0.15) is 23.8 Å². The van der Waals surface area contributed by atoms with E-state index in [4.69, 9.17) is 9.84 Å². The van der Waals surface area contributed by atoms with Crippen LogP contribution < -0.4 is 15.4 Å². The van der Waals surface area contributed by atoms with Gasteiger partial charge in [-0.05, 0) is 109 Å². The predicted molar refractivity (Wildman–Crippen MR) is 170 cm³/mol. The molecule has 3 aromatic carbocycles. The summed E-state index contributed by atoms with van der Waals surface area (Å²) in [5, 5.41) is 25.8. The molecule has 1 fully saturated rings. The number of carboxylic acids is 1. The van der Waals surface area contributed by atoms with Crippen molar-refractivity contribution in [1.82, 2.24) is 0 Å². The number of anilines is 2. The molecule has 0 saturated carbocycles. The molecular weight excluding hydrogens is 616 g/mol. The molecule has 4 N–H and O–H groups in total. The first kappa shape index (κ1) is 36.1. The Morgan fingerprint density at radius 2 is 1.70 bits per heavy atom. The summed E-state index contributed by atoms with van der Waals surface area (Å²) in [4.78, 5) is 22.8. The number of benzene rings is 3. The second-order valence-electron chi connectivity index (χ2n) is 11.2. The van der Waals surface area contributed by atoms with Crippen molar-refractivity contribution < 1.29 is 38.0 Å². The largest absolute Gasteiger partial charge is 2.00 e. The van der Waals surface area contributed by atoms with E-state index in [1.807, 2.05) is 44.2 Å². The molecule has 44 heavy (non-hydrogen) atoms. The van der Waals surface area contributed by atoms with Crippen LogP contribution >= 0.6 is 10.6 Å². The van der Waals surface area contributed by atoms with Crippen molar-refractivity contribution in [2.45, 2.75) is 58.6 Å². The zero-order chi connectivity index (χ0) is 31.4. The van der Waals surface area contributed by atoms with Crippen LogP contribution in [0.4, 0.5) is 15.8 Å². The van der Waals surface area contributed by atoms with Gasteiger partial charge in [-0.15, -0.1) is 0 Å².